The fourth-order valence-electron chi connectivity index (χ4n) is 0.647. The number of methoxy groups -OCH3 is 1. The minimum Gasteiger partial charge on any atom is -0.468 e. The second-order valence-electron chi connectivity index (χ2n) is 2.55. The maximum Gasteiger partial charge on any atom is 0.322 e. The lowest BCUT2D eigenvalue weighted by Gasteiger charge is -2.14. The zero-order chi connectivity index (χ0) is 10.4. The highest BCUT2D eigenvalue weighted by Gasteiger charge is 2.19. The van der Waals surface area contributed by atoms with E-state index in [2.05, 4.69) is 10.1 Å². The summed E-state index contributed by atoms with van der Waals surface area (Å²) in [6.07, 6.45) is -4.57. The monoisotopic (exact) mass is 197 g/mol. The normalized spacial score (nSPS) is 15.5. The fourth-order valence-corrected chi connectivity index (χ4v) is 0.647. The van der Waals surface area contributed by atoms with Crippen LogP contribution in [0.2, 0.25) is 0 Å². The van der Waals surface area contributed by atoms with Gasteiger partial charge in [0.05, 0.1) is 7.11 Å². The van der Waals surface area contributed by atoms with Crippen molar-refractivity contribution in [2.24, 2.45) is 0 Å². The van der Waals surface area contributed by atoms with Crippen LogP contribution < -0.4 is 5.32 Å². The smallest absolute Gasteiger partial charge is 0.322 e. The number of carbonyl (C=O) groups is 1. The van der Waals surface area contributed by atoms with Crippen LogP contribution in [0.3, 0.4) is 0 Å². The highest BCUT2D eigenvalue weighted by atomic mass is 19.3. The Morgan fingerprint density at radius 1 is 1.62 bits per heavy atom. The molecule has 6 heteroatoms. The predicted molar refractivity (Wildman–Crippen MR) is 41.5 cm³/mol. The summed E-state index contributed by atoms with van der Waals surface area (Å²) < 4.78 is 27.8. The molecular formula is C7H13F2NO3. The Labute approximate surface area is 74.9 Å². The van der Waals surface area contributed by atoms with Gasteiger partial charge in [-0.25, -0.2) is 8.78 Å². The SMILES string of the molecule is COC(=O)C(C)NCC(O)C(F)F. The lowest BCUT2D eigenvalue weighted by atomic mass is 10.3. The molecule has 13 heavy (non-hydrogen) atoms. The summed E-state index contributed by atoms with van der Waals surface area (Å²) in [5.74, 6) is -0.554. The van der Waals surface area contributed by atoms with E-state index in [4.69, 9.17) is 5.11 Å². The number of hydrogen-bond donors (Lipinski definition) is 2. The fraction of sp³-hybridized carbons (Fsp3) is 0.857. The molecule has 0 aliphatic rings. The van der Waals surface area contributed by atoms with Crippen LogP contribution in [-0.2, 0) is 9.53 Å². The third-order valence-electron chi connectivity index (χ3n) is 1.48. The van der Waals surface area contributed by atoms with Gasteiger partial charge in [0.25, 0.3) is 6.43 Å². The maximum atomic E-state index is 11.8. The van der Waals surface area contributed by atoms with E-state index in [0.29, 0.717) is 0 Å². The van der Waals surface area contributed by atoms with E-state index in [9.17, 15) is 13.6 Å². The highest BCUT2D eigenvalue weighted by molar-refractivity contribution is 5.75. The number of alkyl halides is 2. The van der Waals surface area contributed by atoms with Crippen molar-refractivity contribution < 1.29 is 23.4 Å². The van der Waals surface area contributed by atoms with Crippen LogP contribution >= 0.6 is 0 Å². The molecule has 0 amide bonds. The number of aliphatic hydroxyl groups is 1. The molecule has 4 nitrogen and oxygen atoms in total. The maximum absolute atomic E-state index is 11.8. The Hall–Kier alpha value is -0.750. The van der Waals surface area contributed by atoms with Gasteiger partial charge >= 0.3 is 5.97 Å². The molecule has 0 rings (SSSR count). The van der Waals surface area contributed by atoms with E-state index in [1.165, 1.54) is 14.0 Å². The van der Waals surface area contributed by atoms with Gasteiger partial charge in [-0.15, -0.1) is 0 Å². The molecule has 0 fully saturated rings. The van der Waals surface area contributed by atoms with E-state index in [1.807, 2.05) is 0 Å². The van der Waals surface area contributed by atoms with E-state index >= 15 is 0 Å². The summed E-state index contributed by atoms with van der Waals surface area (Å²) in [4.78, 5) is 10.7. The summed E-state index contributed by atoms with van der Waals surface area (Å²) >= 11 is 0. The molecule has 2 atom stereocenters. The van der Waals surface area contributed by atoms with Crippen molar-refractivity contribution in [3.8, 4) is 0 Å². The zero-order valence-corrected chi connectivity index (χ0v) is 7.46. The molecule has 0 spiro atoms. The average molecular weight is 197 g/mol. The van der Waals surface area contributed by atoms with Gasteiger partial charge in [0.1, 0.15) is 12.1 Å². The Balaban J connectivity index is 3.69. The van der Waals surface area contributed by atoms with Crippen molar-refractivity contribution in [1.29, 1.82) is 0 Å². The van der Waals surface area contributed by atoms with Crippen molar-refractivity contribution in [2.75, 3.05) is 13.7 Å². The molecule has 0 bridgehead atoms. The highest BCUT2D eigenvalue weighted by Crippen LogP contribution is 1.99. The topological polar surface area (TPSA) is 58.6 Å². The molecule has 0 aromatic rings. The lowest BCUT2D eigenvalue weighted by molar-refractivity contribution is -0.142. The number of halogens is 2. The van der Waals surface area contributed by atoms with Gasteiger partial charge < -0.3 is 15.2 Å². The molecule has 0 radical (unpaired) electrons. The minimum absolute atomic E-state index is 0.339. The van der Waals surface area contributed by atoms with Gasteiger partial charge in [-0.3, -0.25) is 4.79 Å². The molecule has 0 aliphatic carbocycles. The summed E-state index contributed by atoms with van der Waals surface area (Å²) in [5, 5.41) is 11.1. The Morgan fingerprint density at radius 3 is 2.54 bits per heavy atom. The molecule has 0 aromatic heterocycles. The standard InChI is InChI=1S/C7H13F2NO3/c1-4(7(12)13-2)10-3-5(11)6(8)9/h4-6,10-11H,3H2,1-2H3. The summed E-state index contributed by atoms with van der Waals surface area (Å²) in [7, 11) is 1.20. The molecular weight excluding hydrogens is 184 g/mol. The van der Waals surface area contributed by atoms with Gasteiger partial charge in [-0.05, 0) is 6.92 Å². The Bertz CT molecular complexity index is 166. The molecule has 0 saturated heterocycles. The number of esters is 1. The summed E-state index contributed by atoms with van der Waals surface area (Å²) in [6, 6.07) is -0.696. The number of rotatable bonds is 5. The van der Waals surface area contributed by atoms with Crippen LogP contribution in [0, 0.1) is 0 Å². The van der Waals surface area contributed by atoms with E-state index < -0.39 is 24.5 Å². The number of aliphatic hydroxyl groups excluding tert-OH is 1. The van der Waals surface area contributed by atoms with Crippen LogP contribution in [0.15, 0.2) is 0 Å². The number of hydrogen-bond acceptors (Lipinski definition) is 4. The third kappa shape index (κ3) is 4.74. The van der Waals surface area contributed by atoms with E-state index in [0.717, 1.165) is 0 Å². The van der Waals surface area contributed by atoms with Crippen molar-refractivity contribution in [3.05, 3.63) is 0 Å². The first kappa shape index (κ1) is 12.2. The van der Waals surface area contributed by atoms with Gasteiger partial charge in [0.2, 0.25) is 0 Å². The molecule has 2 unspecified atom stereocenters. The molecule has 0 aliphatic heterocycles. The van der Waals surface area contributed by atoms with Crippen molar-refractivity contribution >= 4 is 5.97 Å². The minimum atomic E-state index is -2.81. The number of carbonyl (C=O) groups excluding carboxylic acids is 1. The molecule has 78 valence electrons. The van der Waals surface area contributed by atoms with Crippen LogP contribution in [0.25, 0.3) is 0 Å². The second-order valence-corrected chi connectivity index (χ2v) is 2.55. The Kier molecular flexibility index (Phi) is 5.48. The molecule has 0 aromatic carbocycles. The first-order valence-corrected chi connectivity index (χ1v) is 3.76. The quantitative estimate of drug-likeness (QED) is 0.597. The largest absolute Gasteiger partial charge is 0.468 e. The molecule has 2 N–H and O–H groups in total. The van der Waals surface area contributed by atoms with E-state index in [1.54, 1.807) is 0 Å². The Morgan fingerprint density at radius 2 is 2.15 bits per heavy atom. The van der Waals surface area contributed by atoms with Crippen molar-refractivity contribution in [2.45, 2.75) is 25.5 Å². The third-order valence-corrected chi connectivity index (χ3v) is 1.48. The van der Waals surface area contributed by atoms with Crippen LogP contribution in [0.4, 0.5) is 8.78 Å². The van der Waals surface area contributed by atoms with Gasteiger partial charge in [-0.1, -0.05) is 0 Å². The van der Waals surface area contributed by atoms with Crippen LogP contribution in [0.1, 0.15) is 6.92 Å². The average Bonchev–Trinajstić information content (AvgIpc) is 2.11. The van der Waals surface area contributed by atoms with Gasteiger partial charge in [0, 0.05) is 6.54 Å². The second kappa shape index (κ2) is 5.82. The molecule has 0 saturated carbocycles. The molecule has 0 heterocycles. The van der Waals surface area contributed by atoms with Crippen molar-refractivity contribution in [3.63, 3.8) is 0 Å². The predicted octanol–water partition coefficient (Wildman–Crippen LogP) is -0.237. The van der Waals surface area contributed by atoms with Gasteiger partial charge in [-0.2, -0.15) is 0 Å². The van der Waals surface area contributed by atoms with E-state index in [-0.39, 0.29) is 6.54 Å². The summed E-state index contributed by atoms with van der Waals surface area (Å²) in [6.45, 7) is 1.12. The summed E-state index contributed by atoms with van der Waals surface area (Å²) in [5.41, 5.74) is 0. The zero-order valence-electron chi connectivity index (χ0n) is 7.46. The van der Waals surface area contributed by atoms with Gasteiger partial charge in [0.15, 0.2) is 0 Å². The lowest BCUT2D eigenvalue weighted by Crippen LogP contribution is -2.41. The van der Waals surface area contributed by atoms with Crippen molar-refractivity contribution in [1.82, 2.24) is 5.32 Å². The number of ether oxygens (including phenoxy) is 1. The first-order chi connectivity index (χ1) is 5.99. The van der Waals surface area contributed by atoms with Crippen LogP contribution in [0.5, 0.6) is 0 Å². The number of nitrogens with one attached hydrogen (secondary N) is 1. The van der Waals surface area contributed by atoms with Crippen LogP contribution in [-0.4, -0.2) is 43.3 Å². The first-order valence-electron chi connectivity index (χ1n) is 3.76.